The number of aromatic nitrogens is 3. The van der Waals surface area contributed by atoms with Crippen LogP contribution in [-0.2, 0) is 11.2 Å². The fourth-order valence-electron chi connectivity index (χ4n) is 2.55. The minimum absolute atomic E-state index is 0.0470. The molecule has 0 spiro atoms. The van der Waals surface area contributed by atoms with Crippen LogP contribution in [0.4, 0.5) is 17.6 Å². The quantitative estimate of drug-likeness (QED) is 0.548. The Morgan fingerprint density at radius 2 is 1.84 bits per heavy atom. The Kier molecular flexibility index (Phi) is 8.23. The van der Waals surface area contributed by atoms with Crippen molar-refractivity contribution < 1.29 is 31.9 Å². The third-order valence-corrected chi connectivity index (χ3v) is 4.58. The molecular weight excluding hydrogens is 432 g/mol. The molecule has 0 saturated carbocycles. The van der Waals surface area contributed by atoms with E-state index in [1.54, 1.807) is 39.1 Å². The average molecular weight is 456 g/mol. The first-order chi connectivity index (χ1) is 14.9. The highest BCUT2D eigenvalue weighted by molar-refractivity contribution is 5.92. The predicted molar refractivity (Wildman–Crippen MR) is 107 cm³/mol. The molecule has 1 amide bonds. The van der Waals surface area contributed by atoms with Gasteiger partial charge in [-0.25, -0.2) is 8.78 Å². The van der Waals surface area contributed by atoms with Crippen molar-refractivity contribution >= 4 is 11.7 Å². The number of hydrogen-bond acceptors (Lipinski definition) is 6. The van der Waals surface area contributed by atoms with Gasteiger partial charge in [-0.1, -0.05) is 13.8 Å². The molecule has 0 fully saturated rings. The molecule has 0 bridgehead atoms. The van der Waals surface area contributed by atoms with Gasteiger partial charge in [0.05, 0.1) is 6.04 Å². The molecule has 7 nitrogen and oxygen atoms in total. The third-order valence-electron chi connectivity index (χ3n) is 4.58. The van der Waals surface area contributed by atoms with Crippen molar-refractivity contribution in [2.75, 3.05) is 6.61 Å². The van der Waals surface area contributed by atoms with Gasteiger partial charge in [-0.15, -0.1) is 10.2 Å². The number of amides is 1. The highest BCUT2D eigenvalue weighted by Gasteiger charge is 2.42. The number of carbonyl (C=O) groups excluding carboxylic acids is 2. The number of Topliss-reactive ketones (excluding diaryl/α,β-unsaturated/α-hetero) is 1. The summed E-state index contributed by atoms with van der Waals surface area (Å²) in [6.07, 6.45) is -2.14. The van der Waals surface area contributed by atoms with Crippen LogP contribution in [0.1, 0.15) is 54.1 Å². The number of ketones is 1. The SMILES string of the molecule is Cc1cc(C(=O)NC(C)c2ccnc(CC(=O)C(C)C)c2)nnc1OCC(F)(F)C(F)F. The Hall–Kier alpha value is -3.11. The molecule has 1 unspecified atom stereocenters. The van der Waals surface area contributed by atoms with Crippen LogP contribution >= 0.6 is 0 Å². The van der Waals surface area contributed by atoms with E-state index in [-0.39, 0.29) is 35.3 Å². The molecule has 1 atom stereocenters. The summed E-state index contributed by atoms with van der Waals surface area (Å²) in [5, 5.41) is 9.90. The predicted octanol–water partition coefficient (Wildman–Crippen LogP) is 3.72. The lowest BCUT2D eigenvalue weighted by Gasteiger charge is -2.17. The van der Waals surface area contributed by atoms with E-state index in [1.807, 2.05) is 0 Å². The summed E-state index contributed by atoms with van der Waals surface area (Å²) < 4.78 is 55.1. The normalized spacial score (nSPS) is 12.7. The van der Waals surface area contributed by atoms with E-state index in [4.69, 9.17) is 0 Å². The molecule has 0 radical (unpaired) electrons. The number of alkyl halides is 4. The molecule has 32 heavy (non-hydrogen) atoms. The fourth-order valence-corrected chi connectivity index (χ4v) is 2.55. The molecule has 11 heteroatoms. The number of nitrogens with zero attached hydrogens (tertiary/aromatic N) is 3. The van der Waals surface area contributed by atoms with Gasteiger partial charge in [0.1, 0.15) is 5.78 Å². The topological polar surface area (TPSA) is 94.1 Å². The summed E-state index contributed by atoms with van der Waals surface area (Å²) in [5.41, 5.74) is 1.38. The zero-order chi connectivity index (χ0) is 24.1. The van der Waals surface area contributed by atoms with Gasteiger partial charge >= 0.3 is 12.3 Å². The van der Waals surface area contributed by atoms with Crippen LogP contribution in [0.15, 0.2) is 24.4 Å². The molecule has 2 heterocycles. The van der Waals surface area contributed by atoms with Crippen LogP contribution < -0.4 is 10.1 Å². The number of carbonyl (C=O) groups is 2. The Balaban J connectivity index is 2.04. The van der Waals surface area contributed by atoms with Crippen LogP contribution in [0.2, 0.25) is 0 Å². The molecule has 1 N–H and O–H groups in total. The summed E-state index contributed by atoms with van der Waals surface area (Å²) >= 11 is 0. The Morgan fingerprint density at radius 3 is 2.44 bits per heavy atom. The zero-order valence-electron chi connectivity index (χ0n) is 18.0. The van der Waals surface area contributed by atoms with Crippen LogP contribution in [0.25, 0.3) is 0 Å². The first kappa shape index (κ1) is 25.2. The number of nitrogens with one attached hydrogen (secondary N) is 1. The average Bonchev–Trinajstić information content (AvgIpc) is 2.72. The monoisotopic (exact) mass is 456 g/mol. The van der Waals surface area contributed by atoms with Crippen molar-refractivity contribution in [3.63, 3.8) is 0 Å². The first-order valence-electron chi connectivity index (χ1n) is 9.82. The Labute approximate surface area is 182 Å². The van der Waals surface area contributed by atoms with E-state index in [0.717, 1.165) is 5.56 Å². The second kappa shape index (κ2) is 10.5. The van der Waals surface area contributed by atoms with Gasteiger partial charge in [-0.3, -0.25) is 14.6 Å². The van der Waals surface area contributed by atoms with E-state index >= 15 is 0 Å². The zero-order valence-corrected chi connectivity index (χ0v) is 18.0. The fraction of sp³-hybridized carbons (Fsp3) is 0.476. The summed E-state index contributed by atoms with van der Waals surface area (Å²) in [6, 6.07) is 4.22. The van der Waals surface area contributed by atoms with Crippen molar-refractivity contribution in [2.45, 2.75) is 52.5 Å². The Morgan fingerprint density at radius 1 is 1.16 bits per heavy atom. The second-order valence-electron chi connectivity index (χ2n) is 7.64. The van der Waals surface area contributed by atoms with Crippen LogP contribution in [0.3, 0.4) is 0 Å². The maximum absolute atomic E-state index is 13.0. The molecular formula is C21H24F4N4O3. The molecule has 174 valence electrons. The first-order valence-corrected chi connectivity index (χ1v) is 9.82. The lowest BCUT2D eigenvalue weighted by molar-refractivity contribution is -0.148. The van der Waals surface area contributed by atoms with Gasteiger partial charge in [-0.2, -0.15) is 8.78 Å². The van der Waals surface area contributed by atoms with Gasteiger partial charge in [0, 0.05) is 29.8 Å². The second-order valence-corrected chi connectivity index (χ2v) is 7.64. The van der Waals surface area contributed by atoms with Crippen LogP contribution in [-0.4, -0.2) is 45.8 Å². The number of pyridine rings is 1. The van der Waals surface area contributed by atoms with Crippen molar-refractivity contribution in [3.05, 3.63) is 46.9 Å². The number of aryl methyl sites for hydroxylation is 1. The number of hydrogen-bond donors (Lipinski definition) is 1. The van der Waals surface area contributed by atoms with Gasteiger partial charge in [0.25, 0.3) is 5.91 Å². The number of rotatable bonds is 10. The van der Waals surface area contributed by atoms with Gasteiger partial charge in [-0.05, 0) is 37.6 Å². The van der Waals surface area contributed by atoms with E-state index in [0.29, 0.717) is 5.69 Å². The standard InChI is InChI=1S/C21H24F4N4O3/c1-11(2)17(30)9-15-8-14(5-6-26-15)13(4)27-18(31)16-7-12(3)19(29-28-16)32-10-21(24,25)20(22)23/h5-8,11,13,20H,9-10H2,1-4H3,(H,27,31). The van der Waals surface area contributed by atoms with Crippen molar-refractivity contribution in [3.8, 4) is 5.88 Å². The number of halogens is 4. The molecule has 2 rings (SSSR count). The van der Waals surface area contributed by atoms with Gasteiger partial charge < -0.3 is 10.1 Å². The minimum Gasteiger partial charge on any atom is -0.470 e. The maximum Gasteiger partial charge on any atom is 0.340 e. The van der Waals surface area contributed by atoms with Crippen molar-refractivity contribution in [2.24, 2.45) is 5.92 Å². The molecule has 0 aliphatic heterocycles. The van der Waals surface area contributed by atoms with E-state index in [9.17, 15) is 27.2 Å². The molecule has 0 saturated heterocycles. The minimum atomic E-state index is -4.33. The van der Waals surface area contributed by atoms with Crippen LogP contribution in [0, 0.1) is 12.8 Å². The van der Waals surface area contributed by atoms with Gasteiger partial charge in [0.15, 0.2) is 12.3 Å². The Bertz CT molecular complexity index is 970. The van der Waals surface area contributed by atoms with E-state index in [1.165, 1.54) is 13.0 Å². The summed E-state index contributed by atoms with van der Waals surface area (Å²) in [6.45, 7) is 5.20. The molecule has 0 aliphatic rings. The lowest BCUT2D eigenvalue weighted by Crippen LogP contribution is -2.34. The highest BCUT2D eigenvalue weighted by atomic mass is 19.3. The highest BCUT2D eigenvalue weighted by Crippen LogP contribution is 2.25. The summed E-state index contributed by atoms with van der Waals surface area (Å²) in [7, 11) is 0. The summed E-state index contributed by atoms with van der Waals surface area (Å²) in [5.74, 6) is -5.36. The molecule has 2 aromatic heterocycles. The maximum atomic E-state index is 13.0. The van der Waals surface area contributed by atoms with E-state index in [2.05, 4.69) is 25.2 Å². The van der Waals surface area contributed by atoms with Gasteiger partial charge in [0.2, 0.25) is 5.88 Å². The van der Waals surface area contributed by atoms with E-state index < -0.39 is 30.9 Å². The molecule has 2 aromatic rings. The van der Waals surface area contributed by atoms with Crippen molar-refractivity contribution in [1.82, 2.24) is 20.5 Å². The molecule has 0 aliphatic carbocycles. The third kappa shape index (κ3) is 6.69. The summed E-state index contributed by atoms with van der Waals surface area (Å²) in [4.78, 5) is 28.6. The smallest absolute Gasteiger partial charge is 0.340 e. The molecule has 0 aromatic carbocycles. The lowest BCUT2D eigenvalue weighted by atomic mass is 10.0. The van der Waals surface area contributed by atoms with Crippen LogP contribution in [0.5, 0.6) is 5.88 Å². The van der Waals surface area contributed by atoms with Crippen molar-refractivity contribution in [1.29, 1.82) is 0 Å². The largest absolute Gasteiger partial charge is 0.470 e. The number of ether oxygens (including phenoxy) is 1.